The van der Waals surface area contributed by atoms with Crippen molar-refractivity contribution in [2.45, 2.75) is 32.5 Å². The Labute approximate surface area is 177 Å². The summed E-state index contributed by atoms with van der Waals surface area (Å²) in [6, 6.07) is 14.6. The number of anilines is 1. The molecule has 3 aromatic rings. The van der Waals surface area contributed by atoms with Crippen LogP contribution < -0.4 is 15.5 Å². The minimum absolute atomic E-state index is 0.701. The molecular formula is C23H29N7. The first-order valence-corrected chi connectivity index (χ1v) is 10.5. The summed E-state index contributed by atoms with van der Waals surface area (Å²) in [7, 11) is 1.80. The lowest BCUT2D eigenvalue weighted by Crippen LogP contribution is -2.36. The van der Waals surface area contributed by atoms with Gasteiger partial charge in [-0.05, 0) is 47.7 Å². The van der Waals surface area contributed by atoms with Gasteiger partial charge < -0.3 is 15.5 Å². The topological polar surface area (TPSA) is 70.4 Å². The molecule has 0 spiro atoms. The van der Waals surface area contributed by atoms with Crippen molar-refractivity contribution in [1.82, 2.24) is 25.4 Å². The van der Waals surface area contributed by atoms with Crippen molar-refractivity contribution in [2.24, 2.45) is 4.99 Å². The first-order chi connectivity index (χ1) is 14.8. The maximum atomic E-state index is 4.53. The molecule has 2 aromatic heterocycles. The fraction of sp³-hybridized carbons (Fsp3) is 0.348. The largest absolute Gasteiger partial charge is 0.357 e. The third-order valence-corrected chi connectivity index (χ3v) is 5.38. The lowest BCUT2D eigenvalue weighted by molar-refractivity contribution is 0.677. The molecule has 0 aliphatic carbocycles. The monoisotopic (exact) mass is 403 g/mol. The zero-order valence-electron chi connectivity index (χ0n) is 17.5. The summed E-state index contributed by atoms with van der Waals surface area (Å²) in [6.45, 7) is 4.37. The summed E-state index contributed by atoms with van der Waals surface area (Å²) in [5.74, 6) is 1.85. The van der Waals surface area contributed by atoms with Crippen LogP contribution >= 0.6 is 0 Å². The molecule has 30 heavy (non-hydrogen) atoms. The van der Waals surface area contributed by atoms with Crippen molar-refractivity contribution < 1.29 is 0 Å². The first-order valence-electron chi connectivity index (χ1n) is 10.5. The molecule has 1 saturated heterocycles. The van der Waals surface area contributed by atoms with Crippen LogP contribution in [-0.2, 0) is 19.6 Å². The maximum Gasteiger partial charge on any atom is 0.191 e. The van der Waals surface area contributed by atoms with Gasteiger partial charge in [-0.1, -0.05) is 24.3 Å². The predicted octanol–water partition coefficient (Wildman–Crippen LogP) is 2.79. The molecule has 1 fully saturated rings. The molecule has 1 aliphatic heterocycles. The first kappa shape index (κ1) is 19.9. The molecule has 1 aromatic carbocycles. The third kappa shape index (κ3) is 5.17. The van der Waals surface area contributed by atoms with E-state index < -0.39 is 0 Å². The van der Waals surface area contributed by atoms with Crippen molar-refractivity contribution in [3.8, 4) is 0 Å². The van der Waals surface area contributed by atoms with Gasteiger partial charge in [0.1, 0.15) is 5.82 Å². The molecule has 7 nitrogen and oxygen atoms in total. The second kappa shape index (κ2) is 9.91. The highest BCUT2D eigenvalue weighted by molar-refractivity contribution is 5.79. The highest BCUT2D eigenvalue weighted by Crippen LogP contribution is 2.18. The van der Waals surface area contributed by atoms with Crippen molar-refractivity contribution >= 4 is 11.8 Å². The molecule has 1 aliphatic rings. The van der Waals surface area contributed by atoms with E-state index in [0.29, 0.717) is 13.1 Å². The summed E-state index contributed by atoms with van der Waals surface area (Å²) >= 11 is 0. The number of pyridine rings is 1. The molecule has 4 rings (SSSR count). The van der Waals surface area contributed by atoms with Gasteiger partial charge in [-0.2, -0.15) is 5.10 Å². The number of rotatable bonds is 7. The van der Waals surface area contributed by atoms with E-state index in [0.717, 1.165) is 31.4 Å². The van der Waals surface area contributed by atoms with Crippen molar-refractivity contribution in [3.63, 3.8) is 0 Å². The van der Waals surface area contributed by atoms with Crippen LogP contribution in [0.3, 0.4) is 0 Å². The van der Waals surface area contributed by atoms with Crippen molar-refractivity contribution in [1.29, 1.82) is 0 Å². The molecule has 3 heterocycles. The molecule has 0 atom stereocenters. The molecule has 0 bridgehead atoms. The quantitative estimate of drug-likeness (QED) is 0.469. The number of aromatic nitrogens is 3. The summed E-state index contributed by atoms with van der Waals surface area (Å²) in [5.41, 5.74) is 3.68. The van der Waals surface area contributed by atoms with E-state index in [-0.39, 0.29) is 0 Å². The molecule has 0 saturated carbocycles. The normalized spacial score (nSPS) is 14.2. The number of hydrogen-bond donors (Lipinski definition) is 2. The average Bonchev–Trinajstić information content (AvgIpc) is 3.50. The highest BCUT2D eigenvalue weighted by atomic mass is 15.3. The smallest absolute Gasteiger partial charge is 0.191 e. The van der Waals surface area contributed by atoms with E-state index >= 15 is 0 Å². The Balaban J connectivity index is 1.33. The number of guanidine groups is 1. The fourth-order valence-corrected chi connectivity index (χ4v) is 3.73. The second-order valence-electron chi connectivity index (χ2n) is 7.47. The minimum Gasteiger partial charge on any atom is -0.357 e. The van der Waals surface area contributed by atoms with Gasteiger partial charge >= 0.3 is 0 Å². The zero-order valence-corrected chi connectivity index (χ0v) is 17.5. The highest BCUT2D eigenvalue weighted by Gasteiger charge is 2.13. The van der Waals surface area contributed by atoms with Crippen LogP contribution in [0.25, 0.3) is 0 Å². The van der Waals surface area contributed by atoms with Gasteiger partial charge in [-0.15, -0.1) is 0 Å². The van der Waals surface area contributed by atoms with Gasteiger partial charge in [0.25, 0.3) is 0 Å². The maximum absolute atomic E-state index is 4.53. The Morgan fingerprint density at radius 3 is 2.57 bits per heavy atom. The Hall–Kier alpha value is -3.35. The van der Waals surface area contributed by atoms with Crippen molar-refractivity contribution in [3.05, 3.63) is 77.7 Å². The average molecular weight is 404 g/mol. The minimum atomic E-state index is 0.701. The Morgan fingerprint density at radius 2 is 1.80 bits per heavy atom. The van der Waals surface area contributed by atoms with E-state index in [1.807, 2.05) is 23.1 Å². The number of hydrogen-bond acceptors (Lipinski definition) is 4. The number of nitrogens with zero attached hydrogens (tertiary/aromatic N) is 5. The van der Waals surface area contributed by atoms with Crippen LogP contribution in [0.4, 0.5) is 5.82 Å². The summed E-state index contributed by atoms with van der Waals surface area (Å²) in [5, 5.41) is 11.2. The van der Waals surface area contributed by atoms with E-state index in [2.05, 4.69) is 67.0 Å². The number of aliphatic imine (C=N–C) groups is 1. The van der Waals surface area contributed by atoms with E-state index in [4.69, 9.17) is 0 Å². The van der Waals surface area contributed by atoms with E-state index in [1.54, 1.807) is 13.2 Å². The van der Waals surface area contributed by atoms with Gasteiger partial charge in [-0.3, -0.25) is 9.67 Å². The third-order valence-electron chi connectivity index (χ3n) is 5.38. The van der Waals surface area contributed by atoms with Crippen LogP contribution in [0.5, 0.6) is 0 Å². The van der Waals surface area contributed by atoms with Crippen LogP contribution in [0.15, 0.2) is 66.0 Å². The molecule has 0 amide bonds. The van der Waals surface area contributed by atoms with E-state index in [9.17, 15) is 0 Å². The van der Waals surface area contributed by atoms with Crippen LogP contribution in [-0.4, -0.2) is 40.9 Å². The Morgan fingerprint density at radius 1 is 1.00 bits per heavy atom. The summed E-state index contributed by atoms with van der Waals surface area (Å²) < 4.78 is 1.94. The lowest BCUT2D eigenvalue weighted by atomic mass is 10.1. The van der Waals surface area contributed by atoms with Gasteiger partial charge in [0.05, 0.1) is 6.54 Å². The molecule has 0 unspecified atom stereocenters. The summed E-state index contributed by atoms with van der Waals surface area (Å²) in [6.07, 6.45) is 8.19. The Kier molecular flexibility index (Phi) is 6.59. The summed E-state index contributed by atoms with van der Waals surface area (Å²) in [4.78, 5) is 11.3. The van der Waals surface area contributed by atoms with E-state index in [1.165, 1.54) is 29.5 Å². The van der Waals surface area contributed by atoms with Crippen LogP contribution in [0, 0.1) is 0 Å². The molecule has 2 N–H and O–H groups in total. The number of nitrogens with one attached hydrogen (secondary N) is 2. The lowest BCUT2D eigenvalue weighted by Gasteiger charge is -2.18. The predicted molar refractivity (Wildman–Crippen MR) is 120 cm³/mol. The Bertz CT molecular complexity index is 959. The second-order valence-corrected chi connectivity index (χ2v) is 7.47. The fourth-order valence-electron chi connectivity index (χ4n) is 3.73. The molecule has 0 radical (unpaired) electrons. The standard InChI is InChI=1S/C23H29N7/c1-24-23(26-16-19-9-11-25-22(15-19)29-12-4-5-13-29)27-17-20-7-2-3-8-21(20)18-30-14-6-10-28-30/h2-3,6-11,14-15H,4-5,12-13,16-18H2,1H3,(H2,24,26,27). The molecule has 156 valence electrons. The number of benzene rings is 1. The van der Waals surface area contributed by atoms with Crippen LogP contribution in [0.1, 0.15) is 29.5 Å². The van der Waals surface area contributed by atoms with Crippen LogP contribution in [0.2, 0.25) is 0 Å². The molecular weight excluding hydrogens is 374 g/mol. The van der Waals surface area contributed by atoms with Crippen molar-refractivity contribution in [2.75, 3.05) is 25.0 Å². The van der Waals surface area contributed by atoms with Gasteiger partial charge in [0, 0.05) is 51.8 Å². The molecule has 7 heteroatoms. The van der Waals surface area contributed by atoms with Gasteiger partial charge in [0.15, 0.2) is 5.96 Å². The van der Waals surface area contributed by atoms with Gasteiger partial charge in [-0.25, -0.2) is 4.98 Å². The SMILES string of the molecule is CN=C(NCc1ccnc(N2CCCC2)c1)NCc1ccccc1Cn1cccn1. The van der Waals surface area contributed by atoms with Gasteiger partial charge in [0.2, 0.25) is 0 Å². The zero-order chi connectivity index (χ0) is 20.6.